The molecule has 0 aliphatic heterocycles. The van der Waals surface area contributed by atoms with Gasteiger partial charge in [0.2, 0.25) is 0 Å². The van der Waals surface area contributed by atoms with Gasteiger partial charge in [-0.25, -0.2) is 4.98 Å². The van der Waals surface area contributed by atoms with Crippen molar-refractivity contribution in [2.24, 2.45) is 5.92 Å². The van der Waals surface area contributed by atoms with E-state index in [1.165, 1.54) is 6.42 Å². The molecule has 0 saturated heterocycles. The van der Waals surface area contributed by atoms with E-state index in [1.807, 2.05) is 34.2 Å². The third kappa shape index (κ3) is 5.38. The van der Waals surface area contributed by atoms with Crippen LogP contribution in [0.15, 0.2) is 35.8 Å². The Morgan fingerprint density at radius 1 is 1.21 bits per heavy atom. The Balaban J connectivity index is 1.72. The molecule has 1 fully saturated rings. The normalized spacial score (nSPS) is 16.0. The maximum atomic E-state index is 13.4. The van der Waals surface area contributed by atoms with Gasteiger partial charge in [-0.3, -0.25) is 14.0 Å². The van der Waals surface area contributed by atoms with Gasteiger partial charge in [-0.05, 0) is 63.1 Å². The molecule has 0 aromatic carbocycles. The molecule has 7 nitrogen and oxygen atoms in total. The molecule has 8 heteroatoms. The minimum absolute atomic E-state index is 0.0642. The van der Waals surface area contributed by atoms with Crippen LogP contribution in [0.3, 0.4) is 0 Å². The Labute approximate surface area is 198 Å². The van der Waals surface area contributed by atoms with Crippen molar-refractivity contribution < 1.29 is 14.7 Å². The molecule has 3 N–H and O–H groups in total. The lowest BCUT2D eigenvalue weighted by molar-refractivity contribution is -0.137. The quantitative estimate of drug-likeness (QED) is 0.430. The minimum Gasteiger partial charge on any atom is -0.481 e. The molecule has 1 saturated carbocycles. The summed E-state index contributed by atoms with van der Waals surface area (Å²) in [4.78, 5) is 30.8. The summed E-state index contributed by atoms with van der Waals surface area (Å²) in [5, 5.41) is 18.0. The van der Waals surface area contributed by atoms with Crippen molar-refractivity contribution in [3.63, 3.8) is 0 Å². The number of carboxylic acids is 1. The van der Waals surface area contributed by atoms with E-state index < -0.39 is 5.97 Å². The predicted molar refractivity (Wildman–Crippen MR) is 132 cm³/mol. The van der Waals surface area contributed by atoms with Crippen LogP contribution in [0, 0.1) is 5.92 Å². The second-order valence-electron chi connectivity index (χ2n) is 9.85. The summed E-state index contributed by atoms with van der Waals surface area (Å²) in [6.07, 6.45) is 7.08. The molecule has 0 bridgehead atoms. The lowest BCUT2D eigenvalue weighted by Crippen LogP contribution is -2.42. The number of fused-ring (bicyclic) bond motifs is 1. The molecule has 0 spiro atoms. The highest BCUT2D eigenvalue weighted by molar-refractivity contribution is 7.13. The van der Waals surface area contributed by atoms with Gasteiger partial charge < -0.3 is 15.7 Å². The molecule has 0 radical (unpaired) electrons. The zero-order valence-electron chi connectivity index (χ0n) is 19.4. The summed E-state index contributed by atoms with van der Waals surface area (Å²) in [6, 6.07) is 7.22. The van der Waals surface area contributed by atoms with Crippen LogP contribution < -0.4 is 10.6 Å². The van der Waals surface area contributed by atoms with Gasteiger partial charge in [-0.15, -0.1) is 11.3 Å². The summed E-state index contributed by atoms with van der Waals surface area (Å²) in [6.45, 7) is 6.26. The van der Waals surface area contributed by atoms with Gasteiger partial charge in [-0.1, -0.05) is 25.3 Å². The van der Waals surface area contributed by atoms with E-state index in [9.17, 15) is 14.7 Å². The number of pyridine rings is 1. The van der Waals surface area contributed by atoms with E-state index in [0.717, 1.165) is 42.1 Å². The van der Waals surface area contributed by atoms with Gasteiger partial charge in [0.25, 0.3) is 5.91 Å². The fraction of sp³-hybridized carbons (Fsp3) is 0.480. The number of anilines is 1. The number of hydrogen-bond acceptors (Lipinski definition) is 5. The molecule has 1 atom stereocenters. The number of carboxylic acid groups (broad SMARTS) is 1. The van der Waals surface area contributed by atoms with Crippen LogP contribution in [-0.4, -0.2) is 37.9 Å². The molecule has 1 amide bonds. The molecule has 1 aliphatic rings. The van der Waals surface area contributed by atoms with Crippen LogP contribution in [0.4, 0.5) is 5.82 Å². The van der Waals surface area contributed by atoms with Gasteiger partial charge in [0.15, 0.2) is 5.65 Å². The molecular weight excluding hydrogens is 436 g/mol. The van der Waals surface area contributed by atoms with Crippen LogP contribution in [0.25, 0.3) is 16.2 Å². The molecular formula is C25H32N4O3S. The number of nitrogens with one attached hydrogen (secondary N) is 2. The Hall–Kier alpha value is -2.87. The number of carbonyl (C=O) groups excluding carboxylic acids is 1. The van der Waals surface area contributed by atoms with Crippen molar-refractivity contribution in [1.29, 1.82) is 0 Å². The zero-order chi connectivity index (χ0) is 23.6. The molecule has 1 aliphatic carbocycles. The number of hydrogen-bond donors (Lipinski definition) is 3. The number of aliphatic carboxylic acids is 1. The highest BCUT2D eigenvalue weighted by Gasteiger charge is 2.29. The number of amides is 1. The average Bonchev–Trinajstić information content (AvgIpc) is 3.41. The number of carbonyl (C=O) groups is 2. The third-order valence-electron chi connectivity index (χ3n) is 6.07. The van der Waals surface area contributed by atoms with E-state index in [4.69, 9.17) is 4.98 Å². The number of thiophene rings is 1. The standard InChI is InChI=1S/C25H32N4O3S/c1-25(2,3)28-23-21(19-12-8-14-33-19)27-22-17(11-7-13-29(22)23)24(32)26-18(15-20(30)31)16-9-5-4-6-10-16/h7-8,11-14,16,18,28H,4-6,9-10,15H2,1-3H3,(H,26,32)(H,30,31). The maximum absolute atomic E-state index is 13.4. The molecule has 4 rings (SSSR count). The topological polar surface area (TPSA) is 95.7 Å². The van der Waals surface area contributed by atoms with E-state index in [0.29, 0.717) is 11.2 Å². The Morgan fingerprint density at radius 3 is 2.61 bits per heavy atom. The van der Waals surface area contributed by atoms with E-state index in [-0.39, 0.29) is 29.8 Å². The summed E-state index contributed by atoms with van der Waals surface area (Å²) in [5.74, 6) is -0.133. The number of rotatable bonds is 7. The van der Waals surface area contributed by atoms with E-state index in [1.54, 1.807) is 17.4 Å². The van der Waals surface area contributed by atoms with Crippen LogP contribution in [0.1, 0.15) is 69.7 Å². The molecule has 33 heavy (non-hydrogen) atoms. The highest BCUT2D eigenvalue weighted by atomic mass is 32.1. The maximum Gasteiger partial charge on any atom is 0.305 e. The molecule has 176 valence electrons. The largest absolute Gasteiger partial charge is 0.481 e. The summed E-state index contributed by atoms with van der Waals surface area (Å²) in [5.41, 5.74) is 1.61. The fourth-order valence-corrected chi connectivity index (χ4v) is 5.33. The monoisotopic (exact) mass is 468 g/mol. The van der Waals surface area contributed by atoms with Crippen LogP contribution >= 0.6 is 11.3 Å². The SMILES string of the molecule is CC(C)(C)Nc1c(-c2cccs2)nc2c(C(=O)NC(CC(=O)O)C3CCCCC3)cccn12. The van der Waals surface area contributed by atoms with Crippen molar-refractivity contribution in [2.75, 3.05) is 5.32 Å². The first-order chi connectivity index (χ1) is 15.7. The molecule has 1 unspecified atom stereocenters. The van der Waals surface area contributed by atoms with Gasteiger partial charge in [0.1, 0.15) is 11.5 Å². The summed E-state index contributed by atoms with van der Waals surface area (Å²) in [7, 11) is 0. The number of imidazole rings is 1. The fourth-order valence-electron chi connectivity index (χ4n) is 4.61. The Morgan fingerprint density at radius 2 is 1.97 bits per heavy atom. The molecule has 3 heterocycles. The van der Waals surface area contributed by atoms with Crippen LogP contribution in [-0.2, 0) is 4.79 Å². The summed E-state index contributed by atoms with van der Waals surface area (Å²) < 4.78 is 1.92. The molecule has 3 aromatic heterocycles. The zero-order valence-corrected chi connectivity index (χ0v) is 20.2. The lowest BCUT2D eigenvalue weighted by Gasteiger charge is -2.30. The van der Waals surface area contributed by atoms with Crippen molar-refractivity contribution in [2.45, 2.75) is 70.9 Å². The number of aromatic nitrogens is 2. The van der Waals surface area contributed by atoms with Crippen molar-refractivity contribution >= 4 is 34.7 Å². The third-order valence-corrected chi connectivity index (χ3v) is 6.95. The van der Waals surface area contributed by atoms with Gasteiger partial charge in [-0.2, -0.15) is 0 Å². The Kier molecular flexibility index (Phi) is 6.74. The molecule has 3 aromatic rings. The second-order valence-corrected chi connectivity index (χ2v) is 10.8. The van der Waals surface area contributed by atoms with E-state index in [2.05, 4.69) is 31.4 Å². The van der Waals surface area contributed by atoms with Gasteiger partial charge in [0.05, 0.1) is 16.9 Å². The highest BCUT2D eigenvalue weighted by Crippen LogP contribution is 2.34. The van der Waals surface area contributed by atoms with Crippen molar-refractivity contribution in [1.82, 2.24) is 14.7 Å². The average molecular weight is 469 g/mol. The van der Waals surface area contributed by atoms with Crippen LogP contribution in [0.5, 0.6) is 0 Å². The first-order valence-corrected chi connectivity index (χ1v) is 12.5. The number of nitrogens with zero attached hydrogens (tertiary/aromatic N) is 2. The van der Waals surface area contributed by atoms with E-state index >= 15 is 0 Å². The Bertz CT molecular complexity index is 1120. The second kappa shape index (κ2) is 9.55. The smallest absolute Gasteiger partial charge is 0.305 e. The minimum atomic E-state index is -0.887. The first kappa shape index (κ1) is 23.3. The van der Waals surface area contributed by atoms with Gasteiger partial charge in [0, 0.05) is 17.8 Å². The van der Waals surface area contributed by atoms with Gasteiger partial charge >= 0.3 is 5.97 Å². The van der Waals surface area contributed by atoms with Crippen LogP contribution in [0.2, 0.25) is 0 Å². The predicted octanol–water partition coefficient (Wildman–Crippen LogP) is 5.43. The lowest BCUT2D eigenvalue weighted by atomic mass is 9.82. The summed E-state index contributed by atoms with van der Waals surface area (Å²) >= 11 is 1.60. The van der Waals surface area contributed by atoms with Crippen molar-refractivity contribution in [3.05, 3.63) is 41.4 Å². The first-order valence-electron chi connectivity index (χ1n) is 11.6. The van der Waals surface area contributed by atoms with Crippen molar-refractivity contribution in [3.8, 4) is 10.6 Å².